The third kappa shape index (κ3) is 2.44. The Balaban J connectivity index is 2.49. The van der Waals surface area contributed by atoms with Crippen molar-refractivity contribution in [3.8, 4) is 11.6 Å². The molecular formula is C10H13N3O3S2. The van der Waals surface area contributed by atoms with Gasteiger partial charge in [0, 0.05) is 0 Å². The molecule has 0 saturated carbocycles. The molecule has 0 bridgehead atoms. The molecule has 0 atom stereocenters. The van der Waals surface area contributed by atoms with Crippen LogP contribution in [0.5, 0.6) is 0 Å². The maximum absolute atomic E-state index is 12.0. The molecule has 0 amide bonds. The lowest BCUT2D eigenvalue weighted by Crippen LogP contribution is -2.18. The highest BCUT2D eigenvalue weighted by Crippen LogP contribution is 2.21. The van der Waals surface area contributed by atoms with Crippen molar-refractivity contribution < 1.29 is 12.8 Å². The summed E-state index contributed by atoms with van der Waals surface area (Å²) in [6, 6.07) is 3.39. The standard InChI is InChI=1S/C10H13N3O3S2/c1-3-7-18(14,15)13-10(17-2)11-9(12-13)8-5-4-6-16-8/h4-6H,3,7H2,1-2H3. The first-order chi connectivity index (χ1) is 8.58. The van der Waals surface area contributed by atoms with E-state index in [-0.39, 0.29) is 11.6 Å². The Morgan fingerprint density at radius 1 is 1.50 bits per heavy atom. The highest BCUT2D eigenvalue weighted by molar-refractivity contribution is 7.99. The summed E-state index contributed by atoms with van der Waals surface area (Å²) in [5.74, 6) is 0.779. The van der Waals surface area contributed by atoms with Crippen molar-refractivity contribution in [3.63, 3.8) is 0 Å². The topological polar surface area (TPSA) is 78.0 Å². The fraction of sp³-hybridized carbons (Fsp3) is 0.400. The summed E-state index contributed by atoms with van der Waals surface area (Å²) in [5, 5.41) is 4.36. The van der Waals surface area contributed by atoms with Crippen LogP contribution < -0.4 is 0 Å². The highest BCUT2D eigenvalue weighted by atomic mass is 32.2. The first-order valence-corrected chi connectivity index (χ1v) is 8.20. The van der Waals surface area contributed by atoms with E-state index in [9.17, 15) is 8.42 Å². The van der Waals surface area contributed by atoms with E-state index < -0.39 is 10.0 Å². The van der Waals surface area contributed by atoms with E-state index in [4.69, 9.17) is 4.42 Å². The van der Waals surface area contributed by atoms with Crippen molar-refractivity contribution in [2.24, 2.45) is 0 Å². The van der Waals surface area contributed by atoms with E-state index in [0.29, 0.717) is 17.3 Å². The summed E-state index contributed by atoms with van der Waals surface area (Å²) >= 11 is 1.23. The summed E-state index contributed by atoms with van der Waals surface area (Å²) in [4.78, 5) is 4.16. The van der Waals surface area contributed by atoms with Gasteiger partial charge < -0.3 is 4.42 Å². The highest BCUT2D eigenvalue weighted by Gasteiger charge is 2.21. The minimum Gasteiger partial charge on any atom is -0.461 e. The fourth-order valence-electron chi connectivity index (χ4n) is 1.44. The molecule has 0 aliphatic rings. The van der Waals surface area contributed by atoms with Crippen molar-refractivity contribution in [2.45, 2.75) is 18.5 Å². The van der Waals surface area contributed by atoms with Crippen LogP contribution in [0.3, 0.4) is 0 Å². The van der Waals surface area contributed by atoms with Crippen LogP contribution in [0, 0.1) is 0 Å². The molecule has 2 rings (SSSR count). The molecule has 0 aliphatic heterocycles. The first kappa shape index (κ1) is 13.2. The van der Waals surface area contributed by atoms with Crippen LogP contribution in [0.4, 0.5) is 0 Å². The molecule has 0 fully saturated rings. The Bertz CT molecular complexity index is 617. The Hall–Kier alpha value is -1.28. The fourth-order valence-corrected chi connectivity index (χ4v) is 3.55. The number of hydrogen-bond donors (Lipinski definition) is 0. The van der Waals surface area contributed by atoms with Gasteiger partial charge in [-0.25, -0.2) is 8.42 Å². The van der Waals surface area contributed by atoms with Crippen molar-refractivity contribution in [1.82, 2.24) is 14.2 Å². The zero-order chi connectivity index (χ0) is 13.2. The van der Waals surface area contributed by atoms with E-state index >= 15 is 0 Å². The lowest BCUT2D eigenvalue weighted by atomic mass is 10.4. The van der Waals surface area contributed by atoms with E-state index in [1.165, 1.54) is 18.0 Å². The molecule has 0 spiro atoms. The van der Waals surface area contributed by atoms with Crippen LogP contribution in [0.15, 0.2) is 28.0 Å². The smallest absolute Gasteiger partial charge is 0.256 e. The van der Waals surface area contributed by atoms with Gasteiger partial charge in [0.15, 0.2) is 5.76 Å². The van der Waals surface area contributed by atoms with Gasteiger partial charge in [0.05, 0.1) is 12.0 Å². The molecule has 2 aromatic rings. The molecular weight excluding hydrogens is 274 g/mol. The normalized spacial score (nSPS) is 11.9. The Morgan fingerprint density at radius 3 is 2.83 bits per heavy atom. The molecule has 6 nitrogen and oxygen atoms in total. The summed E-state index contributed by atoms with van der Waals surface area (Å²) < 4.78 is 30.2. The number of furan rings is 1. The van der Waals surface area contributed by atoms with Crippen molar-refractivity contribution in [1.29, 1.82) is 0 Å². The van der Waals surface area contributed by atoms with Gasteiger partial charge in [0.1, 0.15) is 0 Å². The molecule has 0 saturated heterocycles. The zero-order valence-corrected chi connectivity index (χ0v) is 11.7. The van der Waals surface area contributed by atoms with Crippen LogP contribution in [0.25, 0.3) is 11.6 Å². The SMILES string of the molecule is CCCS(=O)(=O)n1nc(-c2ccco2)nc1SC. The monoisotopic (exact) mass is 287 g/mol. The van der Waals surface area contributed by atoms with Gasteiger partial charge in [0.25, 0.3) is 10.0 Å². The average molecular weight is 287 g/mol. The van der Waals surface area contributed by atoms with Crippen molar-refractivity contribution >= 4 is 21.8 Å². The quantitative estimate of drug-likeness (QED) is 0.781. The molecule has 0 unspecified atom stereocenters. The van der Waals surface area contributed by atoms with Crippen LogP contribution in [0.2, 0.25) is 0 Å². The lowest BCUT2D eigenvalue weighted by Gasteiger charge is -2.03. The number of hydrogen-bond acceptors (Lipinski definition) is 6. The molecule has 0 radical (unpaired) electrons. The minimum atomic E-state index is -3.44. The molecule has 18 heavy (non-hydrogen) atoms. The predicted octanol–water partition coefficient (Wildman–Crippen LogP) is 1.85. The zero-order valence-electron chi connectivity index (χ0n) is 10.0. The van der Waals surface area contributed by atoms with Crippen LogP contribution in [-0.4, -0.2) is 34.6 Å². The Labute approximate surface area is 109 Å². The molecule has 0 aromatic carbocycles. The third-order valence-corrected chi connectivity index (χ3v) is 4.65. The number of aromatic nitrogens is 3. The van der Waals surface area contributed by atoms with Crippen LogP contribution >= 0.6 is 11.8 Å². The van der Waals surface area contributed by atoms with Gasteiger partial charge in [-0.1, -0.05) is 18.7 Å². The van der Waals surface area contributed by atoms with E-state index in [2.05, 4.69) is 10.1 Å². The van der Waals surface area contributed by atoms with Crippen LogP contribution in [-0.2, 0) is 10.0 Å². The van der Waals surface area contributed by atoms with E-state index in [1.807, 2.05) is 0 Å². The first-order valence-electron chi connectivity index (χ1n) is 5.36. The summed E-state index contributed by atoms with van der Waals surface area (Å²) in [6.45, 7) is 1.81. The van der Waals surface area contributed by atoms with E-state index in [1.54, 1.807) is 25.3 Å². The number of rotatable bonds is 5. The van der Waals surface area contributed by atoms with E-state index in [0.717, 1.165) is 4.09 Å². The van der Waals surface area contributed by atoms with Gasteiger partial charge >= 0.3 is 0 Å². The number of thioether (sulfide) groups is 1. The summed E-state index contributed by atoms with van der Waals surface area (Å²) in [5.41, 5.74) is 0. The second-order valence-electron chi connectivity index (χ2n) is 3.56. The second kappa shape index (κ2) is 5.15. The van der Waals surface area contributed by atoms with Gasteiger partial charge in [-0.3, -0.25) is 0 Å². The average Bonchev–Trinajstić information content (AvgIpc) is 2.97. The van der Waals surface area contributed by atoms with Crippen molar-refractivity contribution in [3.05, 3.63) is 18.4 Å². The predicted molar refractivity (Wildman–Crippen MR) is 69.0 cm³/mol. The van der Waals surface area contributed by atoms with Gasteiger partial charge in [-0.15, -0.1) is 9.19 Å². The molecule has 0 aliphatic carbocycles. The van der Waals surface area contributed by atoms with Crippen molar-refractivity contribution in [2.75, 3.05) is 12.0 Å². The second-order valence-corrected chi connectivity index (χ2v) is 6.25. The molecule has 8 heteroatoms. The maximum atomic E-state index is 12.0. The van der Waals surface area contributed by atoms with Gasteiger partial charge in [0.2, 0.25) is 11.0 Å². The molecule has 98 valence electrons. The third-order valence-electron chi connectivity index (χ3n) is 2.20. The van der Waals surface area contributed by atoms with Gasteiger partial charge in [-0.2, -0.15) is 4.98 Å². The van der Waals surface area contributed by atoms with Crippen LogP contribution in [0.1, 0.15) is 13.3 Å². The summed E-state index contributed by atoms with van der Waals surface area (Å²) in [6.07, 6.45) is 3.79. The Morgan fingerprint density at radius 2 is 2.28 bits per heavy atom. The van der Waals surface area contributed by atoms with Gasteiger partial charge in [-0.05, 0) is 24.8 Å². The maximum Gasteiger partial charge on any atom is 0.256 e. The number of nitrogens with zero attached hydrogens (tertiary/aromatic N) is 3. The largest absolute Gasteiger partial charge is 0.461 e. The molecule has 0 N–H and O–H groups in total. The minimum absolute atomic E-state index is 0.0432. The molecule has 2 aromatic heterocycles. The molecule has 2 heterocycles. The lowest BCUT2D eigenvalue weighted by molar-refractivity contribution is 0.569. The Kier molecular flexibility index (Phi) is 3.76. The summed E-state index contributed by atoms with van der Waals surface area (Å²) in [7, 11) is -3.44.